The van der Waals surface area contributed by atoms with Gasteiger partial charge in [-0.1, -0.05) is 13.8 Å². The molecule has 0 aliphatic heterocycles. The summed E-state index contributed by atoms with van der Waals surface area (Å²) in [6.07, 6.45) is 1.37. The number of amides is 3. The summed E-state index contributed by atoms with van der Waals surface area (Å²) in [5.74, 6) is -0.971. The van der Waals surface area contributed by atoms with Crippen molar-refractivity contribution in [3.05, 3.63) is 0 Å². The van der Waals surface area contributed by atoms with Crippen LogP contribution in [0.5, 0.6) is 0 Å². The van der Waals surface area contributed by atoms with E-state index in [-0.39, 0.29) is 30.8 Å². The Morgan fingerprint density at radius 3 is 2.45 bits per heavy atom. The summed E-state index contributed by atoms with van der Waals surface area (Å²) in [6.45, 7) is 4.74. The van der Waals surface area contributed by atoms with Gasteiger partial charge in [-0.15, -0.1) is 0 Å². The van der Waals surface area contributed by atoms with Crippen LogP contribution in [0.15, 0.2) is 0 Å². The SMILES string of the molecule is CCCN(CC(=O)NC)C(=O)NCC(C)CCC(=O)O. The lowest BCUT2D eigenvalue weighted by molar-refractivity contribution is -0.137. The van der Waals surface area contributed by atoms with Crippen LogP contribution in [0.3, 0.4) is 0 Å². The van der Waals surface area contributed by atoms with E-state index < -0.39 is 5.97 Å². The van der Waals surface area contributed by atoms with Crippen molar-refractivity contribution in [1.29, 1.82) is 0 Å². The van der Waals surface area contributed by atoms with E-state index in [1.807, 2.05) is 13.8 Å². The van der Waals surface area contributed by atoms with Crippen LogP contribution in [-0.2, 0) is 9.59 Å². The fourth-order valence-electron chi connectivity index (χ4n) is 1.62. The van der Waals surface area contributed by atoms with Crippen molar-refractivity contribution < 1.29 is 19.5 Å². The summed E-state index contributed by atoms with van der Waals surface area (Å²) in [5.41, 5.74) is 0. The molecule has 0 rings (SSSR count). The Hall–Kier alpha value is -1.79. The maximum atomic E-state index is 11.9. The van der Waals surface area contributed by atoms with Gasteiger partial charge in [-0.2, -0.15) is 0 Å². The summed E-state index contributed by atoms with van der Waals surface area (Å²) in [6, 6.07) is -0.294. The van der Waals surface area contributed by atoms with Crippen LogP contribution in [0, 0.1) is 5.92 Å². The lowest BCUT2D eigenvalue weighted by atomic mass is 10.1. The molecule has 0 aliphatic carbocycles. The third-order valence-electron chi connectivity index (χ3n) is 2.85. The number of likely N-dealkylation sites (N-methyl/N-ethyl adjacent to an activating group) is 1. The van der Waals surface area contributed by atoms with Crippen LogP contribution in [0.25, 0.3) is 0 Å². The predicted octanol–water partition coefficient (Wildman–Crippen LogP) is 0.655. The number of carboxylic acids is 1. The molecule has 1 atom stereocenters. The topological polar surface area (TPSA) is 98.7 Å². The van der Waals surface area contributed by atoms with Crippen molar-refractivity contribution in [3.8, 4) is 0 Å². The van der Waals surface area contributed by atoms with Crippen LogP contribution >= 0.6 is 0 Å². The summed E-state index contributed by atoms with van der Waals surface area (Å²) < 4.78 is 0. The maximum Gasteiger partial charge on any atom is 0.317 e. The third kappa shape index (κ3) is 8.34. The number of nitrogens with one attached hydrogen (secondary N) is 2. The number of aliphatic carboxylic acids is 1. The smallest absolute Gasteiger partial charge is 0.317 e. The molecule has 20 heavy (non-hydrogen) atoms. The normalized spacial score (nSPS) is 11.6. The van der Waals surface area contributed by atoms with Crippen LogP contribution < -0.4 is 10.6 Å². The average Bonchev–Trinajstić information content (AvgIpc) is 2.41. The minimum absolute atomic E-state index is 0.0275. The van der Waals surface area contributed by atoms with Gasteiger partial charge < -0.3 is 20.6 Å². The molecule has 0 fully saturated rings. The van der Waals surface area contributed by atoms with Gasteiger partial charge in [0.2, 0.25) is 5.91 Å². The first-order valence-electron chi connectivity index (χ1n) is 6.85. The van der Waals surface area contributed by atoms with Crippen LogP contribution in [0.4, 0.5) is 4.79 Å². The fraction of sp³-hybridized carbons (Fsp3) is 0.769. The van der Waals surface area contributed by atoms with Gasteiger partial charge in [-0.25, -0.2) is 4.79 Å². The largest absolute Gasteiger partial charge is 0.481 e. The van der Waals surface area contributed by atoms with Crippen LogP contribution in [0.2, 0.25) is 0 Å². The second-order valence-corrected chi connectivity index (χ2v) is 4.82. The Morgan fingerprint density at radius 2 is 1.95 bits per heavy atom. The standard InChI is InChI=1S/C13H25N3O4/c1-4-7-16(9-11(17)14-3)13(20)15-8-10(2)5-6-12(18)19/h10H,4-9H2,1-3H3,(H,14,17)(H,15,20)(H,18,19). The molecule has 7 heteroatoms. The zero-order valence-corrected chi connectivity index (χ0v) is 12.4. The highest BCUT2D eigenvalue weighted by atomic mass is 16.4. The molecule has 3 amide bonds. The van der Waals surface area contributed by atoms with E-state index in [0.717, 1.165) is 6.42 Å². The monoisotopic (exact) mass is 287 g/mol. The first-order valence-corrected chi connectivity index (χ1v) is 6.85. The highest BCUT2D eigenvalue weighted by Crippen LogP contribution is 2.04. The number of carbonyl (C=O) groups is 3. The summed E-state index contributed by atoms with van der Waals surface area (Å²) in [5, 5.41) is 13.8. The van der Waals surface area contributed by atoms with Gasteiger partial charge in [0.05, 0.1) is 0 Å². The van der Waals surface area contributed by atoms with Crippen molar-refractivity contribution in [2.75, 3.05) is 26.7 Å². The molecule has 0 saturated heterocycles. The molecule has 0 aromatic heterocycles. The minimum Gasteiger partial charge on any atom is -0.481 e. The number of hydrogen-bond donors (Lipinski definition) is 3. The third-order valence-corrected chi connectivity index (χ3v) is 2.85. The summed E-state index contributed by atoms with van der Waals surface area (Å²) in [7, 11) is 1.53. The van der Waals surface area contributed by atoms with E-state index in [0.29, 0.717) is 19.5 Å². The van der Waals surface area contributed by atoms with Gasteiger partial charge in [0.1, 0.15) is 6.54 Å². The van der Waals surface area contributed by atoms with Crippen molar-refractivity contribution >= 4 is 17.9 Å². The van der Waals surface area contributed by atoms with Gasteiger partial charge in [-0.3, -0.25) is 9.59 Å². The molecule has 116 valence electrons. The minimum atomic E-state index is -0.838. The maximum absolute atomic E-state index is 11.9. The molecular weight excluding hydrogens is 262 g/mol. The van der Waals surface area contributed by atoms with Crippen molar-refractivity contribution in [3.63, 3.8) is 0 Å². The van der Waals surface area contributed by atoms with Gasteiger partial charge in [0, 0.05) is 26.6 Å². The Labute approximate surface area is 119 Å². The van der Waals surface area contributed by atoms with E-state index in [1.165, 1.54) is 11.9 Å². The number of carbonyl (C=O) groups excluding carboxylic acids is 2. The molecule has 0 saturated carbocycles. The second-order valence-electron chi connectivity index (χ2n) is 4.82. The highest BCUT2D eigenvalue weighted by Gasteiger charge is 2.16. The van der Waals surface area contributed by atoms with Gasteiger partial charge in [-0.05, 0) is 18.8 Å². The Kier molecular flexibility index (Phi) is 9.15. The molecule has 0 spiro atoms. The zero-order chi connectivity index (χ0) is 15.5. The Bertz CT molecular complexity index is 334. The first kappa shape index (κ1) is 18.2. The lowest BCUT2D eigenvalue weighted by Crippen LogP contribution is -2.46. The van der Waals surface area contributed by atoms with Crippen LogP contribution in [0.1, 0.15) is 33.1 Å². The quantitative estimate of drug-likeness (QED) is 0.580. The Balaban J connectivity index is 4.18. The molecule has 1 unspecified atom stereocenters. The van der Waals surface area contributed by atoms with E-state index in [2.05, 4.69) is 10.6 Å². The molecule has 0 aliphatic rings. The van der Waals surface area contributed by atoms with Gasteiger partial charge >= 0.3 is 12.0 Å². The van der Waals surface area contributed by atoms with E-state index in [1.54, 1.807) is 0 Å². The zero-order valence-electron chi connectivity index (χ0n) is 12.4. The van der Waals surface area contributed by atoms with Crippen molar-refractivity contribution in [2.24, 2.45) is 5.92 Å². The number of urea groups is 1. The highest BCUT2D eigenvalue weighted by molar-refractivity contribution is 5.83. The second kappa shape index (κ2) is 10.1. The predicted molar refractivity (Wildman–Crippen MR) is 75.4 cm³/mol. The number of rotatable bonds is 9. The van der Waals surface area contributed by atoms with Gasteiger partial charge in [0.15, 0.2) is 0 Å². The van der Waals surface area contributed by atoms with E-state index >= 15 is 0 Å². The number of carboxylic acid groups (broad SMARTS) is 1. The van der Waals surface area contributed by atoms with E-state index in [9.17, 15) is 14.4 Å². The number of nitrogens with zero attached hydrogens (tertiary/aromatic N) is 1. The summed E-state index contributed by atoms with van der Waals surface area (Å²) >= 11 is 0. The average molecular weight is 287 g/mol. The fourth-order valence-corrected chi connectivity index (χ4v) is 1.62. The molecule has 0 heterocycles. The summed E-state index contributed by atoms with van der Waals surface area (Å²) in [4.78, 5) is 35.2. The van der Waals surface area contributed by atoms with E-state index in [4.69, 9.17) is 5.11 Å². The molecule has 0 aromatic rings. The van der Waals surface area contributed by atoms with Crippen molar-refractivity contribution in [2.45, 2.75) is 33.1 Å². The Morgan fingerprint density at radius 1 is 1.30 bits per heavy atom. The molecular formula is C13H25N3O4. The number of hydrogen-bond acceptors (Lipinski definition) is 3. The van der Waals surface area contributed by atoms with Gasteiger partial charge in [0.25, 0.3) is 0 Å². The molecule has 3 N–H and O–H groups in total. The molecule has 0 aromatic carbocycles. The molecule has 7 nitrogen and oxygen atoms in total. The lowest BCUT2D eigenvalue weighted by Gasteiger charge is -2.22. The first-order chi connectivity index (χ1) is 9.40. The molecule has 0 radical (unpaired) electrons. The van der Waals surface area contributed by atoms with Crippen LogP contribution in [-0.4, -0.2) is 54.6 Å². The van der Waals surface area contributed by atoms with Crippen molar-refractivity contribution in [1.82, 2.24) is 15.5 Å². The molecule has 0 bridgehead atoms.